The molecule has 0 fully saturated rings. The van der Waals surface area contributed by atoms with Crippen LogP contribution in [0.2, 0.25) is 5.02 Å². The van der Waals surface area contributed by atoms with Gasteiger partial charge in [0.25, 0.3) is 0 Å². The number of nitrogens with zero attached hydrogens (tertiary/aromatic N) is 3. The van der Waals surface area contributed by atoms with Crippen molar-refractivity contribution < 1.29 is 9.84 Å². The van der Waals surface area contributed by atoms with Crippen LogP contribution in [-0.4, -0.2) is 26.0 Å². The summed E-state index contributed by atoms with van der Waals surface area (Å²) in [5.41, 5.74) is 0. The average Bonchev–Trinajstić information content (AvgIpc) is 2.91. The van der Waals surface area contributed by atoms with E-state index < -0.39 is 12.3 Å². The third kappa shape index (κ3) is 3.00. The molecule has 6 heteroatoms. The van der Waals surface area contributed by atoms with Crippen LogP contribution in [0, 0.1) is 0 Å². The van der Waals surface area contributed by atoms with Gasteiger partial charge in [-0.3, -0.25) is 0 Å². The maximum absolute atomic E-state index is 9.97. The second-order valence-corrected chi connectivity index (χ2v) is 4.25. The molecule has 0 amide bonds. The summed E-state index contributed by atoms with van der Waals surface area (Å²) in [6, 6.07) is 6.95. The molecule has 5 nitrogen and oxygen atoms in total. The molecule has 0 saturated carbocycles. The van der Waals surface area contributed by atoms with Gasteiger partial charge in [0, 0.05) is 5.02 Å². The number of halogens is 1. The number of benzene rings is 1. The fraction of sp³-hybridized carbons (Fsp3) is 0.333. The molecule has 96 valence electrons. The Morgan fingerprint density at radius 2 is 2.11 bits per heavy atom. The Balaban J connectivity index is 2.17. The summed E-state index contributed by atoms with van der Waals surface area (Å²) in [7, 11) is 0. The number of ether oxygens (including phenoxy) is 1. The summed E-state index contributed by atoms with van der Waals surface area (Å²) in [6.45, 7) is 1.87. The Kier molecular flexibility index (Phi) is 4.17. The van der Waals surface area contributed by atoms with E-state index >= 15 is 0 Å². The highest BCUT2D eigenvalue weighted by molar-refractivity contribution is 6.30. The lowest BCUT2D eigenvalue weighted by molar-refractivity contribution is -0.0191. The Bertz CT molecular complexity index is 473. The van der Waals surface area contributed by atoms with Crippen LogP contribution in [-0.2, 0) is 0 Å². The fourth-order valence-corrected chi connectivity index (χ4v) is 1.64. The Hall–Kier alpha value is -1.59. The fourth-order valence-electron chi connectivity index (χ4n) is 1.51. The lowest BCUT2D eigenvalue weighted by Gasteiger charge is -2.23. The zero-order chi connectivity index (χ0) is 13.0. The zero-order valence-corrected chi connectivity index (χ0v) is 10.7. The first kappa shape index (κ1) is 12.9. The molecule has 2 atom stereocenters. The van der Waals surface area contributed by atoms with Crippen molar-refractivity contribution in [1.82, 2.24) is 14.8 Å². The van der Waals surface area contributed by atoms with Gasteiger partial charge in [0.15, 0.2) is 0 Å². The molecule has 1 heterocycles. The molecule has 1 N–H and O–H groups in total. The van der Waals surface area contributed by atoms with Crippen LogP contribution in [0.4, 0.5) is 0 Å². The van der Waals surface area contributed by atoms with Crippen molar-refractivity contribution in [2.45, 2.75) is 25.7 Å². The molecule has 2 rings (SSSR count). The number of hydrogen-bond donors (Lipinski definition) is 1. The van der Waals surface area contributed by atoms with Gasteiger partial charge in [-0.05, 0) is 30.7 Å². The van der Waals surface area contributed by atoms with Crippen LogP contribution < -0.4 is 4.74 Å². The number of rotatable bonds is 5. The molecule has 18 heavy (non-hydrogen) atoms. The predicted octanol–water partition coefficient (Wildman–Crippen LogP) is 2.28. The highest BCUT2D eigenvalue weighted by Crippen LogP contribution is 2.22. The van der Waals surface area contributed by atoms with Gasteiger partial charge in [0.2, 0.25) is 6.23 Å². The summed E-state index contributed by atoms with van der Waals surface area (Å²) in [4.78, 5) is 3.86. The van der Waals surface area contributed by atoms with Gasteiger partial charge >= 0.3 is 0 Å². The summed E-state index contributed by atoms with van der Waals surface area (Å²) in [5, 5.41) is 14.6. The molecule has 0 saturated heterocycles. The number of aromatic nitrogens is 3. The van der Waals surface area contributed by atoms with Gasteiger partial charge in [-0.25, -0.2) is 9.67 Å². The molecule has 1 aromatic carbocycles. The van der Waals surface area contributed by atoms with E-state index in [0.717, 1.165) is 0 Å². The minimum atomic E-state index is -0.664. The molecule has 1 aromatic heterocycles. The molecule has 2 unspecified atom stereocenters. The molecule has 0 bridgehead atoms. The maximum Gasteiger partial charge on any atom is 0.218 e. The summed E-state index contributed by atoms with van der Waals surface area (Å²) in [6.07, 6.45) is 2.21. The number of aliphatic hydroxyl groups is 1. The summed E-state index contributed by atoms with van der Waals surface area (Å²) in [5.74, 6) is 0.618. The van der Waals surface area contributed by atoms with Crippen LogP contribution in [0.25, 0.3) is 0 Å². The number of aliphatic hydroxyl groups excluding tert-OH is 1. The van der Waals surface area contributed by atoms with E-state index in [-0.39, 0.29) is 0 Å². The smallest absolute Gasteiger partial charge is 0.218 e. The molecular formula is C12H14ClN3O2. The first-order valence-electron chi connectivity index (χ1n) is 5.65. The molecule has 2 aromatic rings. The van der Waals surface area contributed by atoms with Gasteiger partial charge in [-0.1, -0.05) is 18.5 Å². The molecule has 0 spiro atoms. The molecular weight excluding hydrogens is 254 g/mol. The van der Waals surface area contributed by atoms with Gasteiger partial charge in [0.1, 0.15) is 24.5 Å². The van der Waals surface area contributed by atoms with Crippen molar-refractivity contribution in [1.29, 1.82) is 0 Å². The average molecular weight is 268 g/mol. The van der Waals surface area contributed by atoms with Crippen molar-refractivity contribution in [3.63, 3.8) is 0 Å². The van der Waals surface area contributed by atoms with E-state index in [1.807, 2.05) is 6.92 Å². The van der Waals surface area contributed by atoms with Gasteiger partial charge in [-0.2, -0.15) is 5.10 Å². The SMILES string of the molecule is CCC(O)C(Oc1ccc(Cl)cc1)n1cncn1. The monoisotopic (exact) mass is 267 g/mol. The molecule has 0 aliphatic heterocycles. The normalized spacial score (nSPS) is 14.2. The van der Waals surface area contributed by atoms with E-state index in [2.05, 4.69) is 10.1 Å². The van der Waals surface area contributed by atoms with Gasteiger partial charge < -0.3 is 9.84 Å². The van der Waals surface area contributed by atoms with E-state index in [0.29, 0.717) is 17.2 Å². The third-order valence-electron chi connectivity index (χ3n) is 2.52. The standard InChI is InChI=1S/C12H14ClN3O2/c1-2-11(17)12(16-8-14-7-15-16)18-10-5-3-9(13)4-6-10/h3-8,11-12,17H,2H2,1H3. The summed E-state index contributed by atoms with van der Waals surface area (Å²) >= 11 is 5.81. The van der Waals surface area contributed by atoms with Crippen molar-refractivity contribution in [3.05, 3.63) is 41.9 Å². The second-order valence-electron chi connectivity index (χ2n) is 3.81. The minimum Gasteiger partial charge on any atom is -0.466 e. The first-order valence-corrected chi connectivity index (χ1v) is 6.03. The minimum absolute atomic E-state index is 0.554. The largest absolute Gasteiger partial charge is 0.466 e. The van der Waals surface area contributed by atoms with Crippen molar-refractivity contribution >= 4 is 11.6 Å². The van der Waals surface area contributed by atoms with Crippen molar-refractivity contribution in [3.8, 4) is 5.75 Å². The highest BCUT2D eigenvalue weighted by Gasteiger charge is 2.22. The topological polar surface area (TPSA) is 60.2 Å². The van der Waals surface area contributed by atoms with Crippen LogP contribution in [0.5, 0.6) is 5.75 Å². The lowest BCUT2D eigenvalue weighted by Crippen LogP contribution is -2.29. The van der Waals surface area contributed by atoms with Crippen LogP contribution >= 0.6 is 11.6 Å². The third-order valence-corrected chi connectivity index (χ3v) is 2.77. The lowest BCUT2D eigenvalue weighted by atomic mass is 10.2. The van der Waals surface area contributed by atoms with Crippen LogP contribution in [0.3, 0.4) is 0 Å². The predicted molar refractivity (Wildman–Crippen MR) is 67.4 cm³/mol. The van der Waals surface area contributed by atoms with E-state index in [1.165, 1.54) is 17.3 Å². The van der Waals surface area contributed by atoms with Gasteiger partial charge in [-0.15, -0.1) is 0 Å². The Morgan fingerprint density at radius 3 is 2.67 bits per heavy atom. The molecule has 0 aliphatic carbocycles. The van der Waals surface area contributed by atoms with Crippen LogP contribution in [0.1, 0.15) is 19.6 Å². The first-order chi connectivity index (χ1) is 8.70. The highest BCUT2D eigenvalue weighted by atomic mass is 35.5. The number of hydrogen-bond acceptors (Lipinski definition) is 4. The van der Waals surface area contributed by atoms with Crippen molar-refractivity contribution in [2.75, 3.05) is 0 Å². The zero-order valence-electron chi connectivity index (χ0n) is 9.90. The summed E-state index contributed by atoms with van der Waals surface area (Å²) < 4.78 is 7.21. The Labute approximate surface area is 110 Å². The van der Waals surface area contributed by atoms with Crippen molar-refractivity contribution in [2.24, 2.45) is 0 Å². The Morgan fingerprint density at radius 1 is 1.39 bits per heavy atom. The quantitative estimate of drug-likeness (QED) is 0.903. The van der Waals surface area contributed by atoms with E-state index in [1.54, 1.807) is 24.3 Å². The molecule has 0 radical (unpaired) electrons. The maximum atomic E-state index is 9.97. The van der Waals surface area contributed by atoms with Crippen LogP contribution in [0.15, 0.2) is 36.9 Å². The molecule has 0 aliphatic rings. The second kappa shape index (κ2) is 5.84. The van der Waals surface area contributed by atoms with E-state index in [4.69, 9.17) is 16.3 Å². The van der Waals surface area contributed by atoms with E-state index in [9.17, 15) is 5.11 Å². The van der Waals surface area contributed by atoms with Gasteiger partial charge in [0.05, 0.1) is 0 Å².